The monoisotopic (exact) mass is 231 g/mol. The Balaban J connectivity index is 2.14. The molecule has 0 saturated carbocycles. The number of anilines is 1. The molecule has 0 fully saturated rings. The predicted molar refractivity (Wildman–Crippen MR) is 63.5 cm³/mol. The van der Waals surface area contributed by atoms with Crippen LogP contribution in [-0.2, 0) is 6.54 Å². The molecule has 5 nitrogen and oxygen atoms in total. The molecule has 2 aromatic heterocycles. The Morgan fingerprint density at radius 1 is 1.47 bits per heavy atom. The van der Waals surface area contributed by atoms with Crippen LogP contribution in [0.25, 0.3) is 0 Å². The number of hydrogen-bond acceptors (Lipinski definition) is 4. The van der Waals surface area contributed by atoms with Gasteiger partial charge in [-0.25, -0.2) is 0 Å². The molecule has 2 rings (SSSR count). The number of carbonyl (C=O) groups is 1. The normalized spacial score (nSPS) is 10.2. The molecule has 0 radical (unpaired) electrons. The van der Waals surface area contributed by atoms with E-state index in [0.29, 0.717) is 5.76 Å². The number of furan rings is 1. The summed E-state index contributed by atoms with van der Waals surface area (Å²) < 4.78 is 5.25. The van der Waals surface area contributed by atoms with E-state index in [1.165, 1.54) is 0 Å². The Morgan fingerprint density at radius 2 is 2.29 bits per heavy atom. The average molecular weight is 231 g/mol. The van der Waals surface area contributed by atoms with Crippen LogP contribution in [0, 0.1) is 6.92 Å². The van der Waals surface area contributed by atoms with Crippen molar-refractivity contribution in [2.24, 2.45) is 5.73 Å². The van der Waals surface area contributed by atoms with Crippen molar-refractivity contribution in [1.29, 1.82) is 0 Å². The van der Waals surface area contributed by atoms with Gasteiger partial charge in [0, 0.05) is 18.1 Å². The van der Waals surface area contributed by atoms with E-state index in [4.69, 9.17) is 10.2 Å². The molecule has 2 aromatic rings. The number of nitrogens with zero attached hydrogens (tertiary/aromatic N) is 1. The van der Waals surface area contributed by atoms with Gasteiger partial charge in [0.2, 0.25) is 0 Å². The first-order chi connectivity index (χ1) is 8.20. The number of rotatable bonds is 3. The van der Waals surface area contributed by atoms with Crippen LogP contribution in [0.1, 0.15) is 21.9 Å². The number of pyridine rings is 1. The molecule has 5 heteroatoms. The first-order valence-electron chi connectivity index (χ1n) is 5.21. The van der Waals surface area contributed by atoms with E-state index in [0.717, 1.165) is 11.3 Å². The molecule has 0 aromatic carbocycles. The number of carbonyl (C=O) groups excluding carboxylic acids is 1. The number of hydrogen-bond donors (Lipinski definition) is 2. The van der Waals surface area contributed by atoms with Gasteiger partial charge in [-0.15, -0.1) is 0 Å². The molecular weight excluding hydrogens is 218 g/mol. The van der Waals surface area contributed by atoms with Gasteiger partial charge in [0.05, 0.1) is 6.54 Å². The maximum Gasteiger partial charge on any atom is 0.291 e. The lowest BCUT2D eigenvalue weighted by atomic mass is 10.2. The molecule has 1 amide bonds. The number of amides is 1. The highest BCUT2D eigenvalue weighted by Crippen LogP contribution is 2.14. The highest BCUT2D eigenvalue weighted by Gasteiger charge is 2.11. The quantitative estimate of drug-likeness (QED) is 0.842. The summed E-state index contributed by atoms with van der Waals surface area (Å²) in [6.07, 6.45) is 3.30. The van der Waals surface area contributed by atoms with Gasteiger partial charge >= 0.3 is 0 Å². The number of nitrogens with two attached hydrogens (primary N) is 1. The Kier molecular flexibility index (Phi) is 3.20. The second-order valence-electron chi connectivity index (χ2n) is 3.61. The Morgan fingerprint density at radius 3 is 2.94 bits per heavy atom. The Hall–Kier alpha value is -2.14. The van der Waals surface area contributed by atoms with Gasteiger partial charge in [-0.1, -0.05) is 0 Å². The summed E-state index contributed by atoms with van der Waals surface area (Å²) in [5.41, 5.74) is 7.02. The van der Waals surface area contributed by atoms with Crippen LogP contribution < -0.4 is 11.1 Å². The van der Waals surface area contributed by atoms with Crippen molar-refractivity contribution in [2.75, 3.05) is 5.32 Å². The lowest BCUT2D eigenvalue weighted by molar-refractivity contribution is 0.0995. The fraction of sp³-hybridized carbons (Fsp3) is 0.167. The lowest BCUT2D eigenvalue weighted by Crippen LogP contribution is -2.12. The zero-order valence-corrected chi connectivity index (χ0v) is 9.43. The molecule has 0 saturated heterocycles. The van der Waals surface area contributed by atoms with Crippen LogP contribution in [0.3, 0.4) is 0 Å². The Bertz CT molecular complexity index is 534. The molecule has 0 aliphatic rings. The zero-order chi connectivity index (χ0) is 12.3. The molecule has 0 spiro atoms. The molecule has 0 aliphatic heterocycles. The summed E-state index contributed by atoms with van der Waals surface area (Å²) in [6.45, 7) is 2.15. The van der Waals surface area contributed by atoms with Crippen molar-refractivity contribution in [3.8, 4) is 0 Å². The van der Waals surface area contributed by atoms with E-state index < -0.39 is 0 Å². The van der Waals surface area contributed by atoms with Gasteiger partial charge in [-0.05, 0) is 30.7 Å². The maximum atomic E-state index is 11.8. The highest BCUT2D eigenvalue weighted by molar-refractivity contribution is 6.02. The Labute approximate surface area is 98.6 Å². The molecule has 0 bridgehead atoms. The second kappa shape index (κ2) is 4.80. The van der Waals surface area contributed by atoms with Crippen LogP contribution in [0.5, 0.6) is 0 Å². The third-order valence-corrected chi connectivity index (χ3v) is 2.36. The third kappa shape index (κ3) is 2.51. The van der Waals surface area contributed by atoms with Gasteiger partial charge in [0.1, 0.15) is 5.76 Å². The molecule has 17 heavy (non-hydrogen) atoms. The summed E-state index contributed by atoms with van der Waals surface area (Å²) in [5.74, 6) is 0.544. The second-order valence-corrected chi connectivity index (χ2v) is 3.61. The first-order valence-corrected chi connectivity index (χ1v) is 5.21. The van der Waals surface area contributed by atoms with E-state index in [1.54, 1.807) is 30.6 Å². The molecule has 0 unspecified atom stereocenters. The first kappa shape index (κ1) is 11.3. The number of aryl methyl sites for hydroxylation is 1. The smallest absolute Gasteiger partial charge is 0.291 e. The standard InChI is InChI=1S/C12H13N3O2/c1-8-7-14-5-4-10(8)15-12(16)11-3-2-9(6-13)17-11/h2-5,7H,6,13H2,1H3,(H,14,15,16). The largest absolute Gasteiger partial charge is 0.455 e. The molecule has 88 valence electrons. The van der Waals surface area contributed by atoms with Crippen molar-refractivity contribution in [1.82, 2.24) is 4.98 Å². The van der Waals surface area contributed by atoms with Crippen LogP contribution in [0.15, 0.2) is 35.0 Å². The van der Waals surface area contributed by atoms with Crippen molar-refractivity contribution in [2.45, 2.75) is 13.5 Å². The van der Waals surface area contributed by atoms with Crippen LogP contribution >= 0.6 is 0 Å². The van der Waals surface area contributed by atoms with E-state index in [9.17, 15) is 4.79 Å². The lowest BCUT2D eigenvalue weighted by Gasteiger charge is -2.05. The fourth-order valence-corrected chi connectivity index (χ4v) is 1.41. The summed E-state index contributed by atoms with van der Waals surface area (Å²) in [4.78, 5) is 15.8. The molecule has 3 N–H and O–H groups in total. The molecule has 0 atom stereocenters. The summed E-state index contributed by atoms with van der Waals surface area (Å²) >= 11 is 0. The SMILES string of the molecule is Cc1cnccc1NC(=O)c1ccc(CN)o1. The topological polar surface area (TPSA) is 81.2 Å². The summed E-state index contributed by atoms with van der Waals surface area (Å²) in [5, 5.41) is 2.75. The van der Waals surface area contributed by atoms with Crippen molar-refractivity contribution in [3.05, 3.63) is 47.7 Å². The molecule has 2 heterocycles. The molecular formula is C12H13N3O2. The van der Waals surface area contributed by atoms with Gasteiger partial charge < -0.3 is 15.5 Å². The van der Waals surface area contributed by atoms with Crippen molar-refractivity contribution < 1.29 is 9.21 Å². The van der Waals surface area contributed by atoms with Crippen LogP contribution in [-0.4, -0.2) is 10.9 Å². The minimum Gasteiger partial charge on any atom is -0.455 e. The molecule has 0 aliphatic carbocycles. The summed E-state index contributed by atoms with van der Waals surface area (Å²) in [7, 11) is 0. The van der Waals surface area contributed by atoms with Crippen LogP contribution in [0.4, 0.5) is 5.69 Å². The van der Waals surface area contributed by atoms with E-state index in [2.05, 4.69) is 10.3 Å². The fourth-order valence-electron chi connectivity index (χ4n) is 1.41. The van der Waals surface area contributed by atoms with Crippen molar-refractivity contribution >= 4 is 11.6 Å². The van der Waals surface area contributed by atoms with Gasteiger partial charge in [-0.3, -0.25) is 9.78 Å². The minimum absolute atomic E-state index is 0.252. The van der Waals surface area contributed by atoms with E-state index in [1.807, 2.05) is 6.92 Å². The maximum absolute atomic E-state index is 11.8. The van der Waals surface area contributed by atoms with Gasteiger partial charge in [0.25, 0.3) is 5.91 Å². The predicted octanol–water partition coefficient (Wildman–Crippen LogP) is 1.69. The van der Waals surface area contributed by atoms with Gasteiger partial charge in [0.15, 0.2) is 5.76 Å². The highest BCUT2D eigenvalue weighted by atomic mass is 16.4. The third-order valence-electron chi connectivity index (χ3n) is 2.36. The van der Waals surface area contributed by atoms with E-state index in [-0.39, 0.29) is 18.2 Å². The number of nitrogens with one attached hydrogen (secondary N) is 1. The minimum atomic E-state index is -0.293. The van der Waals surface area contributed by atoms with Crippen molar-refractivity contribution in [3.63, 3.8) is 0 Å². The average Bonchev–Trinajstić information content (AvgIpc) is 2.81. The number of aromatic nitrogens is 1. The van der Waals surface area contributed by atoms with Crippen LogP contribution in [0.2, 0.25) is 0 Å². The zero-order valence-electron chi connectivity index (χ0n) is 9.43. The van der Waals surface area contributed by atoms with E-state index >= 15 is 0 Å². The van der Waals surface area contributed by atoms with Gasteiger partial charge in [-0.2, -0.15) is 0 Å². The summed E-state index contributed by atoms with van der Waals surface area (Å²) in [6, 6.07) is 5.03.